The fourth-order valence-corrected chi connectivity index (χ4v) is 2.51. The van der Waals surface area contributed by atoms with Gasteiger partial charge in [-0.15, -0.1) is 0 Å². The van der Waals surface area contributed by atoms with Crippen molar-refractivity contribution in [2.45, 2.75) is 19.3 Å². The van der Waals surface area contributed by atoms with E-state index in [1.165, 1.54) is 0 Å². The van der Waals surface area contributed by atoms with Crippen LogP contribution in [0.1, 0.15) is 30.4 Å². The van der Waals surface area contributed by atoms with Gasteiger partial charge in [-0.2, -0.15) is 0 Å². The van der Waals surface area contributed by atoms with Crippen LogP contribution in [0.4, 0.5) is 0 Å². The summed E-state index contributed by atoms with van der Waals surface area (Å²) in [7, 11) is 3.26. The van der Waals surface area contributed by atoms with Crippen molar-refractivity contribution in [3.05, 3.63) is 59.7 Å². The molecule has 0 spiro atoms. The minimum absolute atomic E-state index is 0.0879. The van der Waals surface area contributed by atoms with Crippen molar-refractivity contribution in [1.82, 2.24) is 0 Å². The standard InChI is InChI=1S/C19H22O4/c1-4-23-19(20)13-18(14-8-10-16(21-2)11-9-14)15-6-5-7-17(12-15)22-3/h5-12,18H,4,13H2,1-3H3. The first-order chi connectivity index (χ1) is 11.2. The molecular weight excluding hydrogens is 292 g/mol. The van der Waals surface area contributed by atoms with Gasteiger partial charge in [0, 0.05) is 5.92 Å². The highest BCUT2D eigenvalue weighted by molar-refractivity contribution is 5.71. The Morgan fingerprint density at radius 1 is 0.957 bits per heavy atom. The predicted molar refractivity (Wildman–Crippen MR) is 89.1 cm³/mol. The Morgan fingerprint density at radius 2 is 1.65 bits per heavy atom. The smallest absolute Gasteiger partial charge is 0.306 e. The van der Waals surface area contributed by atoms with Gasteiger partial charge in [0.15, 0.2) is 0 Å². The van der Waals surface area contributed by atoms with Gasteiger partial charge in [-0.1, -0.05) is 24.3 Å². The molecule has 0 aliphatic carbocycles. The lowest BCUT2D eigenvalue weighted by atomic mass is 9.88. The Kier molecular flexibility index (Phi) is 6.03. The van der Waals surface area contributed by atoms with E-state index in [9.17, 15) is 4.79 Å². The van der Waals surface area contributed by atoms with Gasteiger partial charge >= 0.3 is 5.97 Å². The van der Waals surface area contributed by atoms with Crippen LogP contribution < -0.4 is 9.47 Å². The van der Waals surface area contributed by atoms with Crippen LogP contribution >= 0.6 is 0 Å². The highest BCUT2D eigenvalue weighted by Crippen LogP contribution is 2.31. The number of carbonyl (C=O) groups excluding carboxylic acids is 1. The molecule has 0 saturated carbocycles. The lowest BCUT2D eigenvalue weighted by Gasteiger charge is -2.18. The molecule has 1 unspecified atom stereocenters. The highest BCUT2D eigenvalue weighted by atomic mass is 16.5. The molecule has 1 atom stereocenters. The van der Waals surface area contributed by atoms with Crippen molar-refractivity contribution in [1.29, 1.82) is 0 Å². The summed E-state index contributed by atoms with van der Waals surface area (Å²) in [6.45, 7) is 2.19. The summed E-state index contributed by atoms with van der Waals surface area (Å²) in [5.74, 6) is 1.25. The lowest BCUT2D eigenvalue weighted by Crippen LogP contribution is -2.11. The van der Waals surface area contributed by atoms with Crippen LogP contribution in [0.15, 0.2) is 48.5 Å². The van der Waals surface area contributed by atoms with E-state index in [1.54, 1.807) is 14.2 Å². The largest absolute Gasteiger partial charge is 0.497 e. The number of methoxy groups -OCH3 is 2. The zero-order valence-corrected chi connectivity index (χ0v) is 13.7. The molecule has 0 N–H and O–H groups in total. The normalized spacial score (nSPS) is 11.6. The third kappa shape index (κ3) is 4.49. The van der Waals surface area contributed by atoms with Gasteiger partial charge in [0.2, 0.25) is 0 Å². The number of ether oxygens (including phenoxy) is 3. The first-order valence-corrected chi connectivity index (χ1v) is 7.61. The third-order valence-electron chi connectivity index (χ3n) is 3.69. The molecule has 0 fully saturated rings. The SMILES string of the molecule is CCOC(=O)CC(c1ccc(OC)cc1)c1cccc(OC)c1. The van der Waals surface area contributed by atoms with Crippen LogP contribution in [0.2, 0.25) is 0 Å². The quantitative estimate of drug-likeness (QED) is 0.729. The summed E-state index contributed by atoms with van der Waals surface area (Å²) in [5.41, 5.74) is 2.05. The summed E-state index contributed by atoms with van der Waals surface area (Å²) in [4.78, 5) is 12.0. The molecular formula is C19H22O4. The van der Waals surface area contributed by atoms with Gasteiger partial charge in [0.1, 0.15) is 11.5 Å². The van der Waals surface area contributed by atoms with Crippen LogP contribution in [-0.2, 0) is 9.53 Å². The Morgan fingerprint density at radius 3 is 2.26 bits per heavy atom. The molecule has 0 heterocycles. The fraction of sp³-hybridized carbons (Fsp3) is 0.316. The maximum atomic E-state index is 12.0. The van der Waals surface area contributed by atoms with E-state index in [0.717, 1.165) is 22.6 Å². The van der Waals surface area contributed by atoms with Crippen LogP contribution in [0.5, 0.6) is 11.5 Å². The number of benzene rings is 2. The van der Waals surface area contributed by atoms with Crippen LogP contribution in [-0.4, -0.2) is 26.8 Å². The number of esters is 1. The van der Waals surface area contributed by atoms with E-state index in [2.05, 4.69) is 0 Å². The van der Waals surface area contributed by atoms with Gasteiger partial charge in [-0.3, -0.25) is 4.79 Å². The maximum absolute atomic E-state index is 12.0. The van der Waals surface area contributed by atoms with Crippen molar-refractivity contribution in [3.8, 4) is 11.5 Å². The maximum Gasteiger partial charge on any atom is 0.306 e. The van der Waals surface area contributed by atoms with Crippen LogP contribution in [0.3, 0.4) is 0 Å². The van der Waals surface area contributed by atoms with Crippen molar-refractivity contribution in [2.24, 2.45) is 0 Å². The van der Waals surface area contributed by atoms with Crippen molar-refractivity contribution < 1.29 is 19.0 Å². The summed E-state index contributed by atoms with van der Waals surface area (Å²) in [5, 5.41) is 0. The Bertz CT molecular complexity index is 634. The van der Waals surface area contributed by atoms with Crippen molar-refractivity contribution in [2.75, 3.05) is 20.8 Å². The first kappa shape index (κ1) is 16.9. The van der Waals surface area contributed by atoms with E-state index < -0.39 is 0 Å². The third-order valence-corrected chi connectivity index (χ3v) is 3.69. The number of hydrogen-bond donors (Lipinski definition) is 0. The van der Waals surface area contributed by atoms with E-state index in [1.807, 2.05) is 55.5 Å². The molecule has 0 amide bonds. The molecule has 0 aromatic heterocycles. The van der Waals surface area contributed by atoms with Gasteiger partial charge in [0.25, 0.3) is 0 Å². The minimum atomic E-state index is -0.212. The van der Waals surface area contributed by atoms with Crippen LogP contribution in [0.25, 0.3) is 0 Å². The predicted octanol–water partition coefficient (Wildman–Crippen LogP) is 3.79. The lowest BCUT2D eigenvalue weighted by molar-refractivity contribution is -0.143. The average molecular weight is 314 g/mol. The Labute approximate surface area is 137 Å². The van der Waals surface area contributed by atoms with Crippen molar-refractivity contribution in [3.63, 3.8) is 0 Å². The summed E-state index contributed by atoms with van der Waals surface area (Å²) < 4.78 is 15.6. The number of hydrogen-bond acceptors (Lipinski definition) is 4. The molecule has 23 heavy (non-hydrogen) atoms. The number of rotatable bonds is 7. The monoisotopic (exact) mass is 314 g/mol. The molecule has 4 nitrogen and oxygen atoms in total. The molecule has 0 aliphatic rings. The molecule has 4 heteroatoms. The Hall–Kier alpha value is -2.49. The zero-order valence-electron chi connectivity index (χ0n) is 13.7. The number of carbonyl (C=O) groups is 1. The molecule has 2 rings (SSSR count). The van der Waals surface area contributed by atoms with Gasteiger partial charge in [-0.05, 0) is 42.3 Å². The topological polar surface area (TPSA) is 44.8 Å². The summed E-state index contributed by atoms with van der Waals surface area (Å²) in [6, 6.07) is 15.5. The van der Waals surface area contributed by atoms with Gasteiger partial charge in [0.05, 0.1) is 27.2 Å². The molecule has 0 radical (unpaired) electrons. The fourth-order valence-electron chi connectivity index (χ4n) is 2.51. The van der Waals surface area contributed by atoms with Crippen LogP contribution in [0, 0.1) is 0 Å². The second-order valence-corrected chi connectivity index (χ2v) is 5.11. The highest BCUT2D eigenvalue weighted by Gasteiger charge is 2.19. The van der Waals surface area contributed by atoms with E-state index >= 15 is 0 Å². The Balaban J connectivity index is 2.35. The second-order valence-electron chi connectivity index (χ2n) is 5.11. The molecule has 0 saturated heterocycles. The molecule has 2 aromatic rings. The molecule has 2 aromatic carbocycles. The molecule has 0 bridgehead atoms. The summed E-state index contributed by atoms with van der Waals surface area (Å²) >= 11 is 0. The molecule has 122 valence electrons. The summed E-state index contributed by atoms with van der Waals surface area (Å²) in [6.07, 6.45) is 0.285. The van der Waals surface area contributed by atoms with Gasteiger partial charge < -0.3 is 14.2 Å². The minimum Gasteiger partial charge on any atom is -0.497 e. The zero-order chi connectivity index (χ0) is 16.7. The van der Waals surface area contributed by atoms with E-state index in [0.29, 0.717) is 6.61 Å². The van der Waals surface area contributed by atoms with Gasteiger partial charge in [-0.25, -0.2) is 0 Å². The van der Waals surface area contributed by atoms with E-state index in [-0.39, 0.29) is 18.3 Å². The van der Waals surface area contributed by atoms with E-state index in [4.69, 9.17) is 14.2 Å². The second kappa shape index (κ2) is 8.22. The average Bonchev–Trinajstić information content (AvgIpc) is 2.60. The first-order valence-electron chi connectivity index (χ1n) is 7.61. The molecule has 0 aliphatic heterocycles. The van der Waals surface area contributed by atoms with Crippen molar-refractivity contribution >= 4 is 5.97 Å².